The Kier molecular flexibility index (Phi) is 7.70. The number of ether oxygens (including phenoxy) is 3. The van der Waals surface area contributed by atoms with E-state index in [1.807, 2.05) is 26.0 Å². The van der Waals surface area contributed by atoms with Crippen molar-refractivity contribution < 1.29 is 32.2 Å². The van der Waals surface area contributed by atoms with Gasteiger partial charge in [0.2, 0.25) is 11.8 Å². The standard InChI is InChI=1S/C26H24F3N5O4/c1-4-30-24-31-15(2)13-23(34-24)37-21-12-10-19(17-7-5-6-8-18(17)21)32-25(35)33-20-14-16(38-26(27,28)29)9-11-22(20)36-3/h5-14H,4H2,1-3H3,(H,30,31,34)(H2,32,33,35). The fraction of sp³-hybridized carbons (Fsp3) is 0.192. The molecule has 0 bridgehead atoms. The molecule has 0 radical (unpaired) electrons. The van der Waals surface area contributed by atoms with Gasteiger partial charge < -0.3 is 30.2 Å². The van der Waals surface area contributed by atoms with Gasteiger partial charge in [0.15, 0.2) is 0 Å². The maximum Gasteiger partial charge on any atom is 0.573 e. The molecule has 0 fully saturated rings. The average molecular weight is 528 g/mol. The number of hydrogen-bond acceptors (Lipinski definition) is 7. The van der Waals surface area contributed by atoms with Gasteiger partial charge >= 0.3 is 12.4 Å². The van der Waals surface area contributed by atoms with Gasteiger partial charge in [0.05, 0.1) is 18.5 Å². The van der Waals surface area contributed by atoms with Crippen LogP contribution in [0.3, 0.4) is 0 Å². The Bertz CT molecular complexity index is 1460. The normalized spacial score (nSPS) is 11.1. The molecule has 12 heteroatoms. The number of halogens is 3. The van der Waals surface area contributed by atoms with Crippen molar-refractivity contribution in [3.8, 4) is 23.1 Å². The Hall–Kier alpha value is -4.74. The fourth-order valence-electron chi connectivity index (χ4n) is 3.67. The summed E-state index contributed by atoms with van der Waals surface area (Å²) in [5, 5.41) is 9.64. The van der Waals surface area contributed by atoms with Gasteiger partial charge in [-0.1, -0.05) is 24.3 Å². The molecule has 0 aliphatic rings. The Morgan fingerprint density at radius 1 is 0.921 bits per heavy atom. The number of urea groups is 1. The van der Waals surface area contributed by atoms with Crippen LogP contribution < -0.4 is 30.2 Å². The Labute approximate surface area is 216 Å². The number of alkyl halides is 3. The highest BCUT2D eigenvalue weighted by Crippen LogP contribution is 2.35. The summed E-state index contributed by atoms with van der Waals surface area (Å²) < 4.78 is 53.0. The summed E-state index contributed by atoms with van der Waals surface area (Å²) in [5.74, 6) is 0.955. The van der Waals surface area contributed by atoms with Gasteiger partial charge in [-0.2, -0.15) is 4.98 Å². The van der Waals surface area contributed by atoms with Crippen LogP contribution in [0.5, 0.6) is 23.1 Å². The number of nitrogens with one attached hydrogen (secondary N) is 3. The minimum Gasteiger partial charge on any atom is -0.495 e. The van der Waals surface area contributed by atoms with Gasteiger partial charge in [0, 0.05) is 35.1 Å². The Balaban J connectivity index is 1.58. The summed E-state index contributed by atoms with van der Waals surface area (Å²) in [7, 11) is 1.33. The maximum absolute atomic E-state index is 12.8. The van der Waals surface area contributed by atoms with E-state index in [9.17, 15) is 18.0 Å². The van der Waals surface area contributed by atoms with Crippen molar-refractivity contribution in [1.29, 1.82) is 0 Å². The number of methoxy groups -OCH3 is 1. The molecule has 1 heterocycles. The monoisotopic (exact) mass is 527 g/mol. The molecule has 3 aromatic carbocycles. The number of carbonyl (C=O) groups is 1. The number of nitrogens with zero attached hydrogens (tertiary/aromatic N) is 2. The molecule has 0 aliphatic carbocycles. The second kappa shape index (κ2) is 11.1. The van der Waals surface area contributed by atoms with Crippen molar-refractivity contribution in [2.45, 2.75) is 20.2 Å². The summed E-state index contributed by atoms with van der Waals surface area (Å²) in [6.07, 6.45) is -4.88. The number of benzene rings is 3. The minimum atomic E-state index is -4.88. The molecule has 9 nitrogen and oxygen atoms in total. The zero-order valence-corrected chi connectivity index (χ0v) is 20.6. The van der Waals surface area contributed by atoms with Crippen LogP contribution in [0.4, 0.5) is 35.3 Å². The lowest BCUT2D eigenvalue weighted by Crippen LogP contribution is -2.21. The molecule has 0 atom stereocenters. The van der Waals surface area contributed by atoms with Crippen molar-refractivity contribution in [2.24, 2.45) is 0 Å². The highest BCUT2D eigenvalue weighted by atomic mass is 19.4. The molecule has 0 aliphatic heterocycles. The molecule has 0 unspecified atom stereocenters. The molecule has 198 valence electrons. The first-order valence-corrected chi connectivity index (χ1v) is 11.5. The summed E-state index contributed by atoms with van der Waals surface area (Å²) in [6, 6.07) is 15.0. The number of rotatable bonds is 8. The highest BCUT2D eigenvalue weighted by molar-refractivity contribution is 6.08. The van der Waals surface area contributed by atoms with Crippen LogP contribution in [0.25, 0.3) is 10.8 Å². The number of fused-ring (bicyclic) bond motifs is 1. The Morgan fingerprint density at radius 3 is 2.34 bits per heavy atom. The molecule has 0 spiro atoms. The van der Waals surface area contributed by atoms with Gasteiger partial charge in [-0.15, -0.1) is 13.2 Å². The fourth-order valence-corrected chi connectivity index (χ4v) is 3.67. The average Bonchev–Trinajstić information content (AvgIpc) is 2.84. The van der Waals surface area contributed by atoms with Gasteiger partial charge in [-0.05, 0) is 38.1 Å². The van der Waals surface area contributed by atoms with E-state index in [0.29, 0.717) is 40.6 Å². The van der Waals surface area contributed by atoms with E-state index in [-0.39, 0.29) is 11.4 Å². The van der Waals surface area contributed by atoms with Crippen molar-refractivity contribution in [3.63, 3.8) is 0 Å². The van der Waals surface area contributed by atoms with Crippen LogP contribution >= 0.6 is 0 Å². The number of amides is 2. The van der Waals surface area contributed by atoms with Crippen molar-refractivity contribution >= 4 is 34.1 Å². The van der Waals surface area contributed by atoms with Crippen LogP contribution in [0.15, 0.2) is 60.7 Å². The first-order chi connectivity index (χ1) is 18.1. The lowest BCUT2D eigenvalue weighted by molar-refractivity contribution is -0.274. The molecular weight excluding hydrogens is 503 g/mol. The Morgan fingerprint density at radius 2 is 1.63 bits per heavy atom. The lowest BCUT2D eigenvalue weighted by Gasteiger charge is -2.16. The van der Waals surface area contributed by atoms with E-state index in [2.05, 4.69) is 30.7 Å². The van der Waals surface area contributed by atoms with Crippen molar-refractivity contribution in [1.82, 2.24) is 9.97 Å². The van der Waals surface area contributed by atoms with E-state index in [1.165, 1.54) is 13.2 Å². The third kappa shape index (κ3) is 6.52. The topological polar surface area (TPSA) is 107 Å². The maximum atomic E-state index is 12.8. The van der Waals surface area contributed by atoms with Gasteiger partial charge in [0.25, 0.3) is 0 Å². The van der Waals surface area contributed by atoms with Crippen LogP contribution in [-0.2, 0) is 0 Å². The van der Waals surface area contributed by atoms with Crippen molar-refractivity contribution in [2.75, 3.05) is 29.6 Å². The van der Waals surface area contributed by atoms with E-state index < -0.39 is 18.1 Å². The van der Waals surface area contributed by atoms with E-state index in [4.69, 9.17) is 9.47 Å². The zero-order chi connectivity index (χ0) is 27.3. The molecular formula is C26H24F3N5O4. The second-order valence-electron chi connectivity index (χ2n) is 7.95. The lowest BCUT2D eigenvalue weighted by atomic mass is 10.1. The molecule has 0 saturated carbocycles. The van der Waals surface area contributed by atoms with Gasteiger partial charge in [-0.25, -0.2) is 9.78 Å². The molecule has 3 N–H and O–H groups in total. The van der Waals surface area contributed by atoms with Crippen LogP contribution in [0, 0.1) is 6.92 Å². The molecule has 2 amide bonds. The molecule has 4 rings (SSSR count). The summed E-state index contributed by atoms with van der Waals surface area (Å²) >= 11 is 0. The summed E-state index contributed by atoms with van der Waals surface area (Å²) in [4.78, 5) is 21.5. The first-order valence-electron chi connectivity index (χ1n) is 11.5. The van der Waals surface area contributed by atoms with Crippen LogP contribution in [-0.4, -0.2) is 36.0 Å². The third-order valence-electron chi connectivity index (χ3n) is 5.17. The molecule has 0 saturated heterocycles. The van der Waals surface area contributed by atoms with Crippen molar-refractivity contribution in [3.05, 3.63) is 66.4 Å². The highest BCUT2D eigenvalue weighted by Gasteiger charge is 2.31. The molecule has 1 aromatic heterocycles. The van der Waals surface area contributed by atoms with E-state index >= 15 is 0 Å². The molecule has 38 heavy (non-hydrogen) atoms. The summed E-state index contributed by atoms with van der Waals surface area (Å²) in [5.41, 5.74) is 1.16. The van der Waals surface area contributed by atoms with Gasteiger partial charge in [0.1, 0.15) is 17.2 Å². The minimum absolute atomic E-state index is 0.00775. The molecule has 4 aromatic rings. The zero-order valence-electron chi connectivity index (χ0n) is 20.6. The SMILES string of the molecule is CCNc1nc(C)cc(Oc2ccc(NC(=O)Nc3cc(OC(F)(F)F)ccc3OC)c3ccccc23)n1. The number of carbonyl (C=O) groups excluding carboxylic acids is 1. The first kappa shape index (κ1) is 26.3. The smallest absolute Gasteiger partial charge is 0.495 e. The number of anilines is 3. The number of aromatic nitrogens is 2. The summed E-state index contributed by atoms with van der Waals surface area (Å²) in [6.45, 7) is 4.42. The second-order valence-corrected chi connectivity index (χ2v) is 7.95. The number of hydrogen-bond donors (Lipinski definition) is 3. The van der Waals surface area contributed by atoms with Gasteiger partial charge in [-0.3, -0.25) is 0 Å². The van der Waals surface area contributed by atoms with Crippen LogP contribution in [0.1, 0.15) is 12.6 Å². The predicted molar refractivity (Wildman–Crippen MR) is 137 cm³/mol. The number of aryl methyl sites for hydroxylation is 1. The third-order valence-corrected chi connectivity index (χ3v) is 5.17. The van der Waals surface area contributed by atoms with E-state index in [1.54, 1.807) is 30.3 Å². The largest absolute Gasteiger partial charge is 0.573 e. The quantitative estimate of drug-likeness (QED) is 0.234. The van der Waals surface area contributed by atoms with Crippen LogP contribution in [0.2, 0.25) is 0 Å². The van der Waals surface area contributed by atoms with E-state index in [0.717, 1.165) is 17.8 Å². The predicted octanol–water partition coefficient (Wildman–Crippen LogP) is 6.71.